The van der Waals surface area contributed by atoms with Crippen molar-refractivity contribution in [3.8, 4) is 5.75 Å². The smallest absolute Gasteiger partial charge is 0.240 e. The molecule has 0 bridgehead atoms. The molecule has 0 saturated heterocycles. The van der Waals surface area contributed by atoms with Gasteiger partial charge >= 0.3 is 0 Å². The van der Waals surface area contributed by atoms with E-state index in [2.05, 4.69) is 9.71 Å². The van der Waals surface area contributed by atoms with Crippen LogP contribution in [0.1, 0.15) is 9.88 Å². The number of aromatic nitrogens is 1. The highest BCUT2D eigenvalue weighted by Crippen LogP contribution is 2.15. The number of nitrogens with one attached hydrogen (secondary N) is 1. The maximum Gasteiger partial charge on any atom is 0.240 e. The van der Waals surface area contributed by atoms with E-state index in [1.807, 2.05) is 6.92 Å². The van der Waals surface area contributed by atoms with Gasteiger partial charge in [-0.05, 0) is 31.2 Å². The van der Waals surface area contributed by atoms with Gasteiger partial charge in [-0.1, -0.05) is 0 Å². The van der Waals surface area contributed by atoms with Crippen LogP contribution in [-0.2, 0) is 16.6 Å². The zero-order valence-corrected chi connectivity index (χ0v) is 11.3. The monoisotopic (exact) mass is 284 g/mol. The second kappa shape index (κ2) is 5.05. The molecule has 18 heavy (non-hydrogen) atoms. The van der Waals surface area contributed by atoms with Gasteiger partial charge in [-0.15, -0.1) is 11.3 Å². The molecule has 0 atom stereocenters. The Bertz CT molecular complexity index is 633. The van der Waals surface area contributed by atoms with Gasteiger partial charge in [-0.3, -0.25) is 0 Å². The van der Waals surface area contributed by atoms with Gasteiger partial charge < -0.3 is 5.11 Å². The molecule has 0 unspecified atom stereocenters. The van der Waals surface area contributed by atoms with Crippen LogP contribution < -0.4 is 4.72 Å². The summed E-state index contributed by atoms with van der Waals surface area (Å²) < 4.78 is 26.3. The van der Waals surface area contributed by atoms with Crippen molar-refractivity contribution >= 4 is 21.4 Å². The summed E-state index contributed by atoms with van der Waals surface area (Å²) in [5.74, 6) is 0.0319. The first-order chi connectivity index (χ1) is 8.47. The lowest BCUT2D eigenvalue weighted by Crippen LogP contribution is -2.23. The molecule has 0 saturated carbocycles. The average Bonchev–Trinajstić information content (AvgIpc) is 2.73. The van der Waals surface area contributed by atoms with Crippen LogP contribution in [0.5, 0.6) is 5.75 Å². The van der Waals surface area contributed by atoms with Crippen LogP contribution in [0.25, 0.3) is 0 Å². The number of rotatable bonds is 4. The van der Waals surface area contributed by atoms with Gasteiger partial charge in [0.2, 0.25) is 10.0 Å². The van der Waals surface area contributed by atoms with E-state index in [-0.39, 0.29) is 17.2 Å². The molecule has 96 valence electrons. The average molecular weight is 284 g/mol. The Morgan fingerprint density at radius 2 is 2.00 bits per heavy atom. The van der Waals surface area contributed by atoms with Crippen LogP contribution >= 0.6 is 11.3 Å². The van der Waals surface area contributed by atoms with Crippen molar-refractivity contribution < 1.29 is 13.5 Å². The fourth-order valence-electron chi connectivity index (χ4n) is 1.35. The largest absolute Gasteiger partial charge is 0.508 e. The molecule has 0 radical (unpaired) electrons. The van der Waals surface area contributed by atoms with Crippen LogP contribution in [0.15, 0.2) is 35.4 Å². The summed E-state index contributed by atoms with van der Waals surface area (Å²) in [6, 6.07) is 5.37. The minimum absolute atomic E-state index is 0.0319. The number of aryl methyl sites for hydroxylation is 1. The number of aromatic hydroxyl groups is 1. The number of phenols is 1. The highest BCUT2D eigenvalue weighted by atomic mass is 32.2. The molecule has 7 heteroatoms. The molecular formula is C11H12N2O3S2. The Morgan fingerprint density at radius 1 is 1.33 bits per heavy atom. The zero-order valence-electron chi connectivity index (χ0n) is 9.62. The second-order valence-electron chi connectivity index (χ2n) is 3.68. The van der Waals surface area contributed by atoms with E-state index in [9.17, 15) is 8.42 Å². The predicted molar refractivity (Wildman–Crippen MR) is 69.0 cm³/mol. The van der Waals surface area contributed by atoms with Gasteiger partial charge in [0.05, 0.1) is 11.4 Å². The third kappa shape index (κ3) is 3.06. The van der Waals surface area contributed by atoms with Crippen LogP contribution in [0.4, 0.5) is 0 Å². The highest BCUT2D eigenvalue weighted by molar-refractivity contribution is 7.89. The van der Waals surface area contributed by atoms with Crippen LogP contribution in [0.2, 0.25) is 0 Å². The maximum atomic E-state index is 11.9. The summed E-state index contributed by atoms with van der Waals surface area (Å²) >= 11 is 1.45. The zero-order chi connectivity index (χ0) is 13.2. The lowest BCUT2D eigenvalue weighted by atomic mass is 10.3. The van der Waals surface area contributed by atoms with E-state index >= 15 is 0 Å². The first-order valence-electron chi connectivity index (χ1n) is 5.17. The van der Waals surface area contributed by atoms with Gasteiger partial charge in [0.15, 0.2) is 0 Å². The van der Waals surface area contributed by atoms with Crippen LogP contribution in [0, 0.1) is 6.92 Å². The number of thiazole rings is 1. The fraction of sp³-hybridized carbons (Fsp3) is 0.182. The van der Waals surface area contributed by atoms with E-state index < -0.39 is 10.0 Å². The van der Waals surface area contributed by atoms with E-state index in [1.54, 1.807) is 6.20 Å². The van der Waals surface area contributed by atoms with Crippen molar-refractivity contribution in [1.29, 1.82) is 0 Å². The van der Waals surface area contributed by atoms with Gasteiger partial charge in [0.25, 0.3) is 0 Å². The van der Waals surface area contributed by atoms with Crippen molar-refractivity contribution in [3.63, 3.8) is 0 Å². The fourth-order valence-corrected chi connectivity index (χ4v) is 3.15. The molecule has 2 aromatic rings. The van der Waals surface area contributed by atoms with Gasteiger partial charge in [-0.2, -0.15) is 0 Å². The molecule has 0 aliphatic carbocycles. The first kappa shape index (κ1) is 13.0. The minimum Gasteiger partial charge on any atom is -0.508 e. The van der Waals surface area contributed by atoms with Crippen molar-refractivity contribution in [1.82, 2.24) is 9.71 Å². The molecule has 0 aliphatic heterocycles. The predicted octanol–water partition coefficient (Wildman–Crippen LogP) is 1.64. The SMILES string of the molecule is Cc1cnc(CNS(=O)(=O)c2ccc(O)cc2)s1. The number of hydrogen-bond acceptors (Lipinski definition) is 5. The number of phenolic OH excluding ortho intramolecular Hbond substituents is 1. The van der Waals surface area contributed by atoms with Gasteiger partial charge in [0, 0.05) is 11.1 Å². The molecule has 0 aliphatic rings. The Labute approximate surface area is 109 Å². The molecule has 0 fully saturated rings. The van der Waals surface area contributed by atoms with Gasteiger partial charge in [-0.25, -0.2) is 18.1 Å². The second-order valence-corrected chi connectivity index (χ2v) is 6.77. The number of hydrogen-bond donors (Lipinski definition) is 2. The van der Waals surface area contributed by atoms with Crippen molar-refractivity contribution in [3.05, 3.63) is 40.3 Å². The van der Waals surface area contributed by atoms with E-state index in [0.717, 1.165) is 9.88 Å². The van der Waals surface area contributed by atoms with E-state index in [1.165, 1.54) is 35.6 Å². The topological polar surface area (TPSA) is 79.3 Å². The van der Waals surface area contributed by atoms with Gasteiger partial charge in [0.1, 0.15) is 10.8 Å². The Hall–Kier alpha value is -1.44. The summed E-state index contributed by atoms with van der Waals surface area (Å²) in [6.45, 7) is 2.08. The summed E-state index contributed by atoms with van der Waals surface area (Å²) in [5, 5.41) is 9.83. The molecule has 2 N–H and O–H groups in total. The van der Waals surface area contributed by atoms with Crippen molar-refractivity contribution in [2.45, 2.75) is 18.4 Å². The summed E-state index contributed by atoms with van der Waals surface area (Å²) in [7, 11) is -3.56. The first-order valence-corrected chi connectivity index (χ1v) is 7.47. The summed E-state index contributed by atoms with van der Waals surface area (Å²) in [6.07, 6.45) is 1.70. The molecule has 2 rings (SSSR count). The van der Waals surface area contributed by atoms with E-state index in [4.69, 9.17) is 5.11 Å². The third-order valence-electron chi connectivity index (χ3n) is 2.23. The maximum absolute atomic E-state index is 11.9. The Morgan fingerprint density at radius 3 is 2.56 bits per heavy atom. The summed E-state index contributed by atoms with van der Waals surface area (Å²) in [5.41, 5.74) is 0. The number of benzene rings is 1. The standard InChI is InChI=1S/C11H12N2O3S2/c1-8-6-12-11(17-8)7-13-18(15,16)10-4-2-9(14)3-5-10/h2-6,13-14H,7H2,1H3. The quantitative estimate of drug-likeness (QED) is 0.894. The third-order valence-corrected chi connectivity index (χ3v) is 4.56. The molecule has 0 spiro atoms. The normalized spacial score (nSPS) is 11.6. The molecule has 1 aromatic carbocycles. The van der Waals surface area contributed by atoms with Crippen molar-refractivity contribution in [2.24, 2.45) is 0 Å². The minimum atomic E-state index is -3.56. The molecular weight excluding hydrogens is 272 g/mol. The molecule has 0 amide bonds. The summed E-state index contributed by atoms with van der Waals surface area (Å²) in [4.78, 5) is 5.23. The Kier molecular flexibility index (Phi) is 3.65. The number of nitrogens with zero attached hydrogens (tertiary/aromatic N) is 1. The molecule has 5 nitrogen and oxygen atoms in total. The lowest BCUT2D eigenvalue weighted by molar-refractivity contribution is 0.474. The lowest BCUT2D eigenvalue weighted by Gasteiger charge is -2.05. The van der Waals surface area contributed by atoms with Crippen LogP contribution in [0.3, 0.4) is 0 Å². The molecule has 1 heterocycles. The van der Waals surface area contributed by atoms with Crippen molar-refractivity contribution in [2.75, 3.05) is 0 Å². The van der Waals surface area contributed by atoms with Crippen LogP contribution in [-0.4, -0.2) is 18.5 Å². The van der Waals surface area contributed by atoms with E-state index in [0.29, 0.717) is 0 Å². The number of sulfonamides is 1. The Balaban J connectivity index is 2.10. The highest BCUT2D eigenvalue weighted by Gasteiger charge is 2.14. The molecule has 1 aromatic heterocycles.